The Morgan fingerprint density at radius 2 is 1.95 bits per heavy atom. The normalized spacial score (nSPS) is 14.2. The maximum Gasteiger partial charge on any atom is 0.259 e. The molecule has 2 aromatic rings. The first-order chi connectivity index (χ1) is 10.6. The lowest BCUT2D eigenvalue weighted by atomic mass is 10.1. The minimum atomic E-state index is -0.0954. The Balaban J connectivity index is 1.86. The van der Waals surface area contributed by atoms with Gasteiger partial charge in [-0.2, -0.15) is 0 Å². The van der Waals surface area contributed by atoms with Crippen molar-refractivity contribution in [3.8, 4) is 0 Å². The van der Waals surface area contributed by atoms with Crippen LogP contribution in [0, 0.1) is 13.8 Å². The summed E-state index contributed by atoms with van der Waals surface area (Å²) < 4.78 is 0. The monoisotopic (exact) mass is 295 g/mol. The maximum absolute atomic E-state index is 12.7. The molecule has 0 radical (unpaired) electrons. The van der Waals surface area contributed by atoms with Crippen LogP contribution in [0.15, 0.2) is 36.5 Å². The molecule has 4 nitrogen and oxygen atoms in total. The fourth-order valence-electron chi connectivity index (χ4n) is 2.90. The highest BCUT2D eigenvalue weighted by Gasteiger charge is 2.20. The molecule has 0 spiro atoms. The second-order valence-electron chi connectivity index (χ2n) is 5.84. The smallest absolute Gasteiger partial charge is 0.259 e. The number of nitrogens with zero attached hydrogens (tertiary/aromatic N) is 2. The summed E-state index contributed by atoms with van der Waals surface area (Å²) in [6.45, 7) is 6.00. The van der Waals surface area contributed by atoms with Crippen LogP contribution in [0.1, 0.15) is 34.3 Å². The molecule has 1 aliphatic heterocycles. The van der Waals surface area contributed by atoms with E-state index in [2.05, 4.69) is 21.3 Å². The molecule has 4 heteroatoms. The number of hydrogen-bond donors (Lipinski definition) is 1. The van der Waals surface area contributed by atoms with Crippen LogP contribution < -0.4 is 10.2 Å². The van der Waals surface area contributed by atoms with Gasteiger partial charge in [-0.1, -0.05) is 17.7 Å². The van der Waals surface area contributed by atoms with Crippen LogP contribution in [-0.4, -0.2) is 24.0 Å². The van der Waals surface area contributed by atoms with E-state index in [9.17, 15) is 4.79 Å². The van der Waals surface area contributed by atoms with Crippen LogP contribution in [0.2, 0.25) is 0 Å². The van der Waals surface area contributed by atoms with E-state index in [-0.39, 0.29) is 5.91 Å². The topological polar surface area (TPSA) is 45.2 Å². The Hall–Kier alpha value is -2.36. The summed E-state index contributed by atoms with van der Waals surface area (Å²) in [4.78, 5) is 19.3. The van der Waals surface area contributed by atoms with Crippen molar-refractivity contribution in [3.63, 3.8) is 0 Å². The second kappa shape index (κ2) is 6.18. The summed E-state index contributed by atoms with van der Waals surface area (Å²) >= 11 is 0. The lowest BCUT2D eigenvalue weighted by Crippen LogP contribution is -2.24. The Morgan fingerprint density at radius 3 is 2.68 bits per heavy atom. The van der Waals surface area contributed by atoms with Crippen molar-refractivity contribution in [2.45, 2.75) is 26.7 Å². The fraction of sp³-hybridized carbons (Fsp3) is 0.333. The van der Waals surface area contributed by atoms with E-state index in [0.717, 1.165) is 43.0 Å². The molecule has 22 heavy (non-hydrogen) atoms. The summed E-state index contributed by atoms with van der Waals surface area (Å²) in [5.74, 6) is 0.698. The molecule has 0 bridgehead atoms. The SMILES string of the molecule is Cc1ccc(NC(=O)c2cccnc2N2CCCC2)c(C)c1. The first kappa shape index (κ1) is 14.6. The van der Waals surface area contributed by atoms with Gasteiger partial charge in [-0.15, -0.1) is 0 Å². The minimum absolute atomic E-state index is 0.0954. The summed E-state index contributed by atoms with van der Waals surface area (Å²) in [6.07, 6.45) is 4.07. The average Bonchev–Trinajstić information content (AvgIpc) is 3.04. The van der Waals surface area contributed by atoms with E-state index in [4.69, 9.17) is 0 Å². The summed E-state index contributed by atoms with van der Waals surface area (Å²) in [6, 6.07) is 9.69. The number of rotatable bonds is 3. The van der Waals surface area contributed by atoms with Gasteiger partial charge in [0.1, 0.15) is 5.82 Å². The molecule has 0 aliphatic carbocycles. The highest BCUT2D eigenvalue weighted by molar-refractivity contribution is 6.07. The van der Waals surface area contributed by atoms with Crippen LogP contribution >= 0.6 is 0 Å². The first-order valence-electron chi connectivity index (χ1n) is 7.74. The number of hydrogen-bond acceptors (Lipinski definition) is 3. The van der Waals surface area contributed by atoms with Crippen LogP contribution in [0.5, 0.6) is 0 Å². The Bertz CT molecular complexity index is 690. The van der Waals surface area contributed by atoms with E-state index in [1.807, 2.05) is 38.1 Å². The zero-order valence-electron chi connectivity index (χ0n) is 13.1. The van der Waals surface area contributed by atoms with E-state index in [0.29, 0.717) is 5.56 Å². The molecule has 1 saturated heterocycles. The Morgan fingerprint density at radius 1 is 1.18 bits per heavy atom. The van der Waals surface area contributed by atoms with Crippen molar-refractivity contribution in [2.24, 2.45) is 0 Å². The number of anilines is 2. The van der Waals surface area contributed by atoms with Crippen LogP contribution in [0.25, 0.3) is 0 Å². The molecule has 0 atom stereocenters. The first-order valence-corrected chi connectivity index (χ1v) is 7.74. The quantitative estimate of drug-likeness (QED) is 0.942. The summed E-state index contributed by atoms with van der Waals surface area (Å²) in [5.41, 5.74) is 3.76. The van der Waals surface area contributed by atoms with Crippen molar-refractivity contribution < 1.29 is 4.79 Å². The Labute approximate surface area is 131 Å². The zero-order chi connectivity index (χ0) is 15.5. The van der Waals surface area contributed by atoms with E-state index in [1.165, 1.54) is 5.56 Å². The number of carbonyl (C=O) groups is 1. The fourth-order valence-corrected chi connectivity index (χ4v) is 2.90. The molecule has 114 valence electrons. The predicted octanol–water partition coefficient (Wildman–Crippen LogP) is 3.55. The van der Waals surface area contributed by atoms with Crippen LogP contribution in [-0.2, 0) is 0 Å². The minimum Gasteiger partial charge on any atom is -0.356 e. The third-order valence-electron chi connectivity index (χ3n) is 4.07. The lowest BCUT2D eigenvalue weighted by molar-refractivity contribution is 0.102. The van der Waals surface area contributed by atoms with Crippen molar-refractivity contribution in [1.29, 1.82) is 0 Å². The molecule has 0 saturated carbocycles. The maximum atomic E-state index is 12.7. The van der Waals surface area contributed by atoms with Gasteiger partial charge in [0.2, 0.25) is 0 Å². The number of aromatic nitrogens is 1. The molecular formula is C18H21N3O. The molecule has 0 unspecified atom stereocenters. The largest absolute Gasteiger partial charge is 0.356 e. The number of aryl methyl sites for hydroxylation is 2. The second-order valence-corrected chi connectivity index (χ2v) is 5.84. The van der Waals surface area contributed by atoms with Gasteiger partial charge in [0.25, 0.3) is 5.91 Å². The number of amides is 1. The van der Waals surface area contributed by atoms with Gasteiger partial charge in [-0.25, -0.2) is 4.98 Å². The molecule has 1 aromatic carbocycles. The molecule has 3 rings (SSSR count). The van der Waals surface area contributed by atoms with Crippen molar-refractivity contribution in [3.05, 3.63) is 53.2 Å². The molecule has 1 amide bonds. The van der Waals surface area contributed by atoms with Gasteiger partial charge < -0.3 is 10.2 Å². The molecule has 1 aliphatic rings. The van der Waals surface area contributed by atoms with Crippen molar-refractivity contribution in [2.75, 3.05) is 23.3 Å². The standard InChI is InChI=1S/C18H21N3O/c1-13-7-8-16(14(2)12-13)20-18(22)15-6-5-9-19-17(15)21-10-3-4-11-21/h5-9,12H,3-4,10-11H2,1-2H3,(H,20,22). The summed E-state index contributed by atoms with van der Waals surface area (Å²) in [5, 5.41) is 3.01. The zero-order valence-corrected chi connectivity index (χ0v) is 13.1. The van der Waals surface area contributed by atoms with Gasteiger partial charge >= 0.3 is 0 Å². The molecule has 1 N–H and O–H groups in total. The third-order valence-corrected chi connectivity index (χ3v) is 4.07. The highest BCUT2D eigenvalue weighted by atomic mass is 16.1. The Kier molecular flexibility index (Phi) is 4.09. The highest BCUT2D eigenvalue weighted by Crippen LogP contribution is 2.24. The predicted molar refractivity (Wildman–Crippen MR) is 89.6 cm³/mol. The molecular weight excluding hydrogens is 274 g/mol. The van der Waals surface area contributed by atoms with E-state index >= 15 is 0 Å². The molecule has 2 heterocycles. The van der Waals surface area contributed by atoms with Gasteiger partial charge in [-0.05, 0) is 50.5 Å². The number of nitrogens with one attached hydrogen (secondary N) is 1. The number of pyridine rings is 1. The van der Waals surface area contributed by atoms with Gasteiger partial charge in [0.15, 0.2) is 0 Å². The van der Waals surface area contributed by atoms with Crippen LogP contribution in [0.4, 0.5) is 11.5 Å². The van der Waals surface area contributed by atoms with Crippen molar-refractivity contribution in [1.82, 2.24) is 4.98 Å². The van der Waals surface area contributed by atoms with Gasteiger partial charge in [-0.3, -0.25) is 4.79 Å². The molecule has 1 aromatic heterocycles. The van der Waals surface area contributed by atoms with Crippen LogP contribution in [0.3, 0.4) is 0 Å². The van der Waals surface area contributed by atoms with E-state index in [1.54, 1.807) is 6.20 Å². The van der Waals surface area contributed by atoms with E-state index < -0.39 is 0 Å². The average molecular weight is 295 g/mol. The third kappa shape index (κ3) is 2.96. The lowest BCUT2D eigenvalue weighted by Gasteiger charge is -2.19. The van der Waals surface area contributed by atoms with Crippen molar-refractivity contribution >= 4 is 17.4 Å². The van der Waals surface area contributed by atoms with Gasteiger partial charge in [0.05, 0.1) is 5.56 Å². The van der Waals surface area contributed by atoms with Gasteiger partial charge in [0, 0.05) is 25.0 Å². The molecule has 1 fully saturated rings. The summed E-state index contributed by atoms with van der Waals surface area (Å²) in [7, 11) is 0. The number of carbonyl (C=O) groups excluding carboxylic acids is 1. The number of benzene rings is 1.